The van der Waals surface area contributed by atoms with Crippen LogP contribution in [-0.2, 0) is 12.5 Å². The van der Waals surface area contributed by atoms with Crippen LogP contribution in [0.4, 0.5) is 43.9 Å². The first-order valence-corrected chi connectivity index (χ1v) is 14.8. The Morgan fingerprint density at radius 3 is 1.80 bits per heavy atom. The van der Waals surface area contributed by atoms with E-state index in [0.717, 1.165) is 43.4 Å². The van der Waals surface area contributed by atoms with E-state index in [-0.39, 0.29) is 35.4 Å². The summed E-state index contributed by atoms with van der Waals surface area (Å²) < 4.78 is 148. The van der Waals surface area contributed by atoms with Crippen molar-refractivity contribution in [1.82, 2.24) is 9.97 Å². The third-order valence-electron chi connectivity index (χ3n) is 7.43. The standard InChI is InChI=1S/C36H24F10N2O/c1-2-3-4-5-19-17-47-35(48-18-19)22-10-11-25(26(37)12-22)20-6-8-21(9-7-20)32(42)33(43)23-13-27(38)31(28(39)14-23)36(45,46)49-24-15-29(40)34(44)30(41)16-24/h6-18H,2-5H2,1H3. The second-order valence-corrected chi connectivity index (χ2v) is 10.9. The average molecular weight is 691 g/mol. The molecular weight excluding hydrogens is 666 g/mol. The first kappa shape index (κ1) is 35.1. The van der Waals surface area contributed by atoms with Gasteiger partial charge in [0.25, 0.3) is 0 Å². The van der Waals surface area contributed by atoms with Gasteiger partial charge in [0.1, 0.15) is 28.8 Å². The molecule has 0 amide bonds. The van der Waals surface area contributed by atoms with Crippen LogP contribution in [0.3, 0.4) is 0 Å². The summed E-state index contributed by atoms with van der Waals surface area (Å²) in [5.74, 6) is -15.1. The number of benzene rings is 4. The second kappa shape index (κ2) is 14.5. The number of alkyl halides is 2. The summed E-state index contributed by atoms with van der Waals surface area (Å²) in [4.78, 5) is 8.62. The van der Waals surface area contributed by atoms with Crippen LogP contribution >= 0.6 is 0 Å². The molecular formula is C36H24F10N2O. The van der Waals surface area contributed by atoms with Crippen molar-refractivity contribution in [2.45, 2.75) is 38.7 Å². The molecule has 5 aromatic rings. The largest absolute Gasteiger partial charge is 0.432 e. The highest BCUT2D eigenvalue weighted by Crippen LogP contribution is 2.39. The van der Waals surface area contributed by atoms with Gasteiger partial charge >= 0.3 is 6.11 Å². The van der Waals surface area contributed by atoms with E-state index in [2.05, 4.69) is 21.6 Å². The third kappa shape index (κ3) is 7.76. The minimum atomic E-state index is -4.92. The highest BCUT2D eigenvalue weighted by atomic mass is 19.3. The van der Waals surface area contributed by atoms with Crippen LogP contribution in [0.5, 0.6) is 5.75 Å². The van der Waals surface area contributed by atoms with E-state index in [4.69, 9.17) is 0 Å². The minimum Gasteiger partial charge on any atom is -0.429 e. The molecule has 5 rings (SSSR count). The normalized spacial score (nSPS) is 12.2. The molecule has 0 bridgehead atoms. The number of hydrogen-bond acceptors (Lipinski definition) is 3. The predicted molar refractivity (Wildman–Crippen MR) is 162 cm³/mol. The van der Waals surface area contributed by atoms with Crippen LogP contribution in [0.15, 0.2) is 79.1 Å². The Balaban J connectivity index is 1.34. The molecule has 0 fully saturated rings. The molecule has 0 aliphatic carbocycles. The van der Waals surface area contributed by atoms with E-state index >= 15 is 13.2 Å². The Morgan fingerprint density at radius 2 is 1.22 bits per heavy atom. The molecule has 0 unspecified atom stereocenters. The van der Waals surface area contributed by atoms with Crippen LogP contribution in [0.1, 0.15) is 48.4 Å². The lowest BCUT2D eigenvalue weighted by atomic mass is 10.0. The lowest BCUT2D eigenvalue weighted by molar-refractivity contribution is -0.189. The molecule has 1 heterocycles. The number of nitrogens with zero attached hydrogens (tertiary/aromatic N) is 2. The molecule has 0 spiro atoms. The molecule has 0 aliphatic rings. The Bertz CT molecular complexity index is 1970. The molecule has 0 saturated carbocycles. The lowest BCUT2D eigenvalue weighted by Gasteiger charge is -2.20. The summed E-state index contributed by atoms with van der Waals surface area (Å²) in [6, 6.07) is 9.13. The van der Waals surface area contributed by atoms with Gasteiger partial charge in [-0.2, -0.15) is 8.78 Å². The number of unbranched alkanes of at least 4 members (excludes halogenated alkanes) is 2. The molecule has 3 nitrogen and oxygen atoms in total. The Morgan fingerprint density at radius 1 is 0.653 bits per heavy atom. The van der Waals surface area contributed by atoms with E-state index in [0.29, 0.717) is 11.4 Å². The molecule has 49 heavy (non-hydrogen) atoms. The molecule has 0 saturated heterocycles. The number of hydrogen-bond donors (Lipinski definition) is 0. The Kier molecular flexibility index (Phi) is 10.4. The zero-order valence-corrected chi connectivity index (χ0v) is 25.4. The van der Waals surface area contributed by atoms with Crippen molar-refractivity contribution in [3.05, 3.63) is 136 Å². The van der Waals surface area contributed by atoms with Crippen LogP contribution in [0.2, 0.25) is 0 Å². The molecule has 1 aromatic heterocycles. The quantitative estimate of drug-likeness (QED) is 0.0599. The zero-order chi connectivity index (χ0) is 35.5. The van der Waals surface area contributed by atoms with Crippen LogP contribution in [0, 0.1) is 34.9 Å². The van der Waals surface area contributed by atoms with Gasteiger partial charge in [0, 0.05) is 46.8 Å². The van der Waals surface area contributed by atoms with Crippen molar-refractivity contribution in [1.29, 1.82) is 0 Å². The first-order valence-electron chi connectivity index (χ1n) is 14.8. The maximum absolute atomic E-state index is 15.1. The third-order valence-corrected chi connectivity index (χ3v) is 7.43. The van der Waals surface area contributed by atoms with Crippen LogP contribution < -0.4 is 4.74 Å². The van der Waals surface area contributed by atoms with Gasteiger partial charge in [0.15, 0.2) is 34.9 Å². The fourth-order valence-corrected chi connectivity index (χ4v) is 4.92. The monoisotopic (exact) mass is 690 g/mol. The van der Waals surface area contributed by atoms with Gasteiger partial charge in [-0.3, -0.25) is 0 Å². The molecule has 0 radical (unpaired) electrons. The molecule has 0 atom stereocenters. The van der Waals surface area contributed by atoms with E-state index in [1.54, 1.807) is 18.5 Å². The number of rotatable bonds is 11. The summed E-state index contributed by atoms with van der Waals surface area (Å²) in [5.41, 5.74) is -1.84. The highest BCUT2D eigenvalue weighted by Gasteiger charge is 2.42. The maximum atomic E-state index is 15.1. The minimum absolute atomic E-state index is 0.0206. The van der Waals surface area contributed by atoms with Gasteiger partial charge in [0.2, 0.25) is 0 Å². The van der Waals surface area contributed by atoms with Crippen molar-refractivity contribution in [2.75, 3.05) is 0 Å². The average Bonchev–Trinajstić information content (AvgIpc) is 3.06. The smallest absolute Gasteiger partial charge is 0.429 e. The molecule has 0 aliphatic heterocycles. The summed E-state index contributed by atoms with van der Waals surface area (Å²) >= 11 is 0. The topological polar surface area (TPSA) is 35.0 Å². The SMILES string of the molecule is CCCCCc1cnc(-c2ccc(-c3ccc(C(F)=C(F)c4cc(F)c(C(F)(F)Oc5cc(F)c(F)c(F)c5)c(F)c4)cc3)c(F)c2)nc1. The Hall–Kier alpha value is -5.20. The van der Waals surface area contributed by atoms with Gasteiger partial charge in [-0.05, 0) is 42.2 Å². The van der Waals surface area contributed by atoms with E-state index in [1.165, 1.54) is 24.3 Å². The number of ether oxygens (including phenoxy) is 1. The van der Waals surface area contributed by atoms with Crippen molar-refractivity contribution in [3.8, 4) is 28.3 Å². The highest BCUT2D eigenvalue weighted by molar-refractivity contribution is 5.84. The Labute approximate surface area is 273 Å². The number of halogens is 10. The molecule has 13 heteroatoms. The van der Waals surface area contributed by atoms with Gasteiger partial charge < -0.3 is 4.74 Å². The second-order valence-electron chi connectivity index (χ2n) is 10.9. The van der Waals surface area contributed by atoms with Crippen molar-refractivity contribution >= 4 is 11.7 Å². The van der Waals surface area contributed by atoms with E-state index in [9.17, 15) is 30.7 Å². The fraction of sp³-hybridized carbons (Fsp3) is 0.167. The summed E-state index contributed by atoms with van der Waals surface area (Å²) in [7, 11) is 0. The lowest BCUT2D eigenvalue weighted by Crippen LogP contribution is -2.25. The van der Waals surface area contributed by atoms with Crippen LogP contribution in [-0.4, -0.2) is 9.97 Å². The predicted octanol–water partition coefficient (Wildman–Crippen LogP) is 11.3. The van der Waals surface area contributed by atoms with Gasteiger partial charge in [-0.15, -0.1) is 0 Å². The van der Waals surface area contributed by atoms with Crippen molar-refractivity contribution < 1.29 is 48.6 Å². The summed E-state index contributed by atoms with van der Waals surface area (Å²) in [5, 5.41) is 0. The van der Waals surface area contributed by atoms with Crippen molar-refractivity contribution in [2.24, 2.45) is 0 Å². The van der Waals surface area contributed by atoms with Gasteiger partial charge in [0.05, 0.1) is 0 Å². The number of aryl methyl sites for hydroxylation is 1. The van der Waals surface area contributed by atoms with E-state index in [1.807, 2.05) is 0 Å². The molecule has 0 N–H and O–H groups in total. The zero-order valence-electron chi connectivity index (χ0n) is 25.4. The maximum Gasteiger partial charge on any atom is 0.432 e. The van der Waals surface area contributed by atoms with Gasteiger partial charge in [-0.1, -0.05) is 56.2 Å². The van der Waals surface area contributed by atoms with Crippen molar-refractivity contribution in [3.63, 3.8) is 0 Å². The summed E-state index contributed by atoms with van der Waals surface area (Å²) in [6.07, 6.45) is 2.46. The first-order chi connectivity index (χ1) is 23.3. The number of aromatic nitrogens is 2. The van der Waals surface area contributed by atoms with Crippen LogP contribution in [0.25, 0.3) is 34.2 Å². The molecule has 254 valence electrons. The summed E-state index contributed by atoms with van der Waals surface area (Å²) in [6.45, 7) is 2.10. The van der Waals surface area contributed by atoms with E-state index < -0.39 is 75.1 Å². The van der Waals surface area contributed by atoms with Gasteiger partial charge in [-0.25, -0.2) is 45.1 Å². The molecule has 4 aromatic carbocycles. The fourth-order valence-electron chi connectivity index (χ4n) is 4.92.